The third-order valence-corrected chi connectivity index (χ3v) is 4.65. The molecule has 0 radical (unpaired) electrons. The third-order valence-electron chi connectivity index (χ3n) is 4.65. The number of unbranched alkanes of at least 4 members (excludes halogenated alkanes) is 4. The molecule has 1 aliphatic heterocycles. The van der Waals surface area contributed by atoms with Crippen LogP contribution < -0.4 is 0 Å². The number of hydrogen-bond acceptors (Lipinski definition) is 4. The summed E-state index contributed by atoms with van der Waals surface area (Å²) in [5, 5.41) is 0. The highest BCUT2D eigenvalue weighted by atomic mass is 16.7. The lowest BCUT2D eigenvalue weighted by Crippen LogP contribution is -2.40. The summed E-state index contributed by atoms with van der Waals surface area (Å²) in [4.78, 5) is 11.3. The van der Waals surface area contributed by atoms with Crippen molar-refractivity contribution < 1.29 is 19.0 Å². The molecule has 0 atom stereocenters. The van der Waals surface area contributed by atoms with Gasteiger partial charge >= 0.3 is 5.97 Å². The average molecular weight is 296 g/mol. The monoisotopic (exact) mass is 296 g/mol. The Bertz CT molecular complexity index is 365. The van der Waals surface area contributed by atoms with Crippen LogP contribution in [0.2, 0.25) is 0 Å². The normalized spacial score (nSPS) is 22.6. The van der Waals surface area contributed by atoms with Gasteiger partial charge in [-0.25, -0.2) is 4.79 Å². The Morgan fingerprint density at radius 2 is 1.81 bits per heavy atom. The summed E-state index contributed by atoms with van der Waals surface area (Å²) in [6.45, 7) is 3.53. The highest BCUT2D eigenvalue weighted by Gasteiger charge is 2.61. The van der Waals surface area contributed by atoms with Gasteiger partial charge in [-0.1, -0.05) is 38.7 Å². The van der Waals surface area contributed by atoms with E-state index in [0.717, 1.165) is 25.7 Å². The fraction of sp³-hybridized carbons (Fsp3) is 0.824. The van der Waals surface area contributed by atoms with Crippen molar-refractivity contribution in [2.75, 3.05) is 20.3 Å². The average Bonchev–Trinajstić information content (AvgIpc) is 3.16. The Labute approximate surface area is 127 Å². The second kappa shape index (κ2) is 7.41. The molecule has 0 spiro atoms. The summed E-state index contributed by atoms with van der Waals surface area (Å²) >= 11 is 0. The molecule has 0 aromatic heterocycles. The number of carbonyl (C=O) groups is 1. The molecule has 0 aromatic rings. The van der Waals surface area contributed by atoms with Crippen molar-refractivity contribution in [1.82, 2.24) is 0 Å². The van der Waals surface area contributed by atoms with Crippen LogP contribution in [0, 0.1) is 5.41 Å². The summed E-state index contributed by atoms with van der Waals surface area (Å²) in [6, 6.07) is 0. The van der Waals surface area contributed by atoms with E-state index in [1.165, 1.54) is 38.9 Å². The maximum Gasteiger partial charge on any atom is 0.330 e. The third kappa shape index (κ3) is 3.86. The topological polar surface area (TPSA) is 44.8 Å². The summed E-state index contributed by atoms with van der Waals surface area (Å²) in [5.74, 6) is -0.818. The van der Waals surface area contributed by atoms with Crippen LogP contribution >= 0.6 is 0 Å². The van der Waals surface area contributed by atoms with E-state index in [2.05, 4.69) is 11.7 Å². The second-order valence-corrected chi connectivity index (χ2v) is 6.13. The van der Waals surface area contributed by atoms with Gasteiger partial charge in [0, 0.05) is 17.9 Å². The van der Waals surface area contributed by atoms with Gasteiger partial charge in [0.25, 0.3) is 0 Å². The molecule has 21 heavy (non-hydrogen) atoms. The molecule has 0 aromatic carbocycles. The molecule has 4 nitrogen and oxygen atoms in total. The first-order valence-electron chi connectivity index (χ1n) is 8.23. The molecular weight excluding hydrogens is 268 g/mol. The zero-order valence-electron chi connectivity index (χ0n) is 13.4. The van der Waals surface area contributed by atoms with E-state index < -0.39 is 5.79 Å². The van der Waals surface area contributed by atoms with Crippen molar-refractivity contribution in [2.24, 2.45) is 5.41 Å². The van der Waals surface area contributed by atoms with Crippen LogP contribution in [0.15, 0.2) is 12.2 Å². The molecule has 2 rings (SSSR count). The van der Waals surface area contributed by atoms with Gasteiger partial charge in [-0.15, -0.1) is 0 Å². The highest BCUT2D eigenvalue weighted by Crippen LogP contribution is 2.60. The van der Waals surface area contributed by atoms with Crippen molar-refractivity contribution in [1.29, 1.82) is 0 Å². The van der Waals surface area contributed by atoms with Crippen LogP contribution in [0.3, 0.4) is 0 Å². The maximum atomic E-state index is 11.3. The van der Waals surface area contributed by atoms with Crippen molar-refractivity contribution in [3.63, 3.8) is 0 Å². The molecule has 1 saturated heterocycles. The minimum atomic E-state index is -0.510. The van der Waals surface area contributed by atoms with Gasteiger partial charge in [0.2, 0.25) is 0 Å². The molecule has 2 aliphatic rings. The molecule has 0 unspecified atom stereocenters. The predicted molar refractivity (Wildman–Crippen MR) is 80.8 cm³/mol. The molecule has 120 valence electrons. The Kier molecular flexibility index (Phi) is 5.82. The van der Waals surface area contributed by atoms with E-state index >= 15 is 0 Å². The number of methoxy groups -OCH3 is 1. The molecule has 1 saturated carbocycles. The minimum Gasteiger partial charge on any atom is -0.466 e. The molecule has 1 heterocycles. The van der Waals surface area contributed by atoms with Gasteiger partial charge in [0.05, 0.1) is 20.3 Å². The molecule has 0 bridgehead atoms. The zero-order chi connectivity index (χ0) is 15.2. The van der Waals surface area contributed by atoms with Crippen LogP contribution in [-0.4, -0.2) is 32.1 Å². The van der Waals surface area contributed by atoms with Gasteiger partial charge in [-0.2, -0.15) is 0 Å². The molecule has 4 heteroatoms. The summed E-state index contributed by atoms with van der Waals surface area (Å²) < 4.78 is 16.7. The van der Waals surface area contributed by atoms with Gasteiger partial charge < -0.3 is 14.2 Å². The van der Waals surface area contributed by atoms with Crippen LogP contribution in [0.4, 0.5) is 0 Å². The van der Waals surface area contributed by atoms with Gasteiger partial charge in [0.1, 0.15) is 0 Å². The van der Waals surface area contributed by atoms with Gasteiger partial charge in [-0.3, -0.25) is 0 Å². The van der Waals surface area contributed by atoms with Crippen molar-refractivity contribution in [2.45, 2.75) is 64.1 Å². The summed E-state index contributed by atoms with van der Waals surface area (Å²) in [5.41, 5.74) is -0.123. The molecule has 2 fully saturated rings. The number of ether oxygens (including phenoxy) is 3. The van der Waals surface area contributed by atoms with Crippen molar-refractivity contribution >= 4 is 5.97 Å². The fourth-order valence-corrected chi connectivity index (χ4v) is 3.20. The van der Waals surface area contributed by atoms with Crippen LogP contribution in [0.1, 0.15) is 58.3 Å². The van der Waals surface area contributed by atoms with E-state index in [9.17, 15) is 4.79 Å². The first-order chi connectivity index (χ1) is 10.2. The predicted octanol–water partition coefficient (Wildman–Crippen LogP) is 3.60. The molecule has 0 amide bonds. The largest absolute Gasteiger partial charge is 0.466 e. The first-order valence-corrected chi connectivity index (χ1v) is 8.23. The lowest BCUT2D eigenvalue weighted by Gasteiger charge is -2.34. The van der Waals surface area contributed by atoms with Crippen molar-refractivity contribution in [3.8, 4) is 0 Å². The zero-order valence-corrected chi connectivity index (χ0v) is 13.4. The Hall–Kier alpha value is -0.870. The van der Waals surface area contributed by atoms with E-state index in [1.54, 1.807) is 0 Å². The quantitative estimate of drug-likeness (QED) is 0.370. The standard InChI is InChI=1S/C17H28O4/c1-3-4-5-6-7-9-17(20-13-14-21-17)16(11-12-16)10-8-15(18)19-2/h8,10H,3-7,9,11-14H2,1-2H3/b10-8+. The van der Waals surface area contributed by atoms with E-state index in [4.69, 9.17) is 9.47 Å². The maximum absolute atomic E-state index is 11.3. The van der Waals surface area contributed by atoms with Crippen LogP contribution in [0.5, 0.6) is 0 Å². The van der Waals surface area contributed by atoms with Crippen molar-refractivity contribution in [3.05, 3.63) is 12.2 Å². The number of esters is 1. The number of carbonyl (C=O) groups excluding carboxylic acids is 1. The Morgan fingerprint density at radius 3 is 2.38 bits per heavy atom. The summed E-state index contributed by atoms with van der Waals surface area (Å²) in [6.07, 6.45) is 12.6. The highest BCUT2D eigenvalue weighted by molar-refractivity contribution is 5.82. The van der Waals surface area contributed by atoms with E-state index in [1.807, 2.05) is 6.08 Å². The number of rotatable bonds is 9. The molecule has 0 N–H and O–H groups in total. The first kappa shape index (κ1) is 16.5. The Morgan fingerprint density at radius 1 is 1.14 bits per heavy atom. The number of hydrogen-bond donors (Lipinski definition) is 0. The van der Waals surface area contributed by atoms with E-state index in [-0.39, 0.29) is 11.4 Å². The second-order valence-electron chi connectivity index (χ2n) is 6.13. The minimum absolute atomic E-state index is 0.123. The Balaban J connectivity index is 1.94. The van der Waals surface area contributed by atoms with E-state index in [0.29, 0.717) is 13.2 Å². The lowest BCUT2D eigenvalue weighted by atomic mass is 9.89. The van der Waals surface area contributed by atoms with Gasteiger partial charge in [0.15, 0.2) is 5.79 Å². The molecular formula is C17H28O4. The SMILES string of the molecule is CCCCCCCC1(C2(/C=C/C(=O)OC)CC2)OCCO1. The van der Waals surface area contributed by atoms with Gasteiger partial charge in [-0.05, 0) is 19.3 Å². The fourth-order valence-electron chi connectivity index (χ4n) is 3.20. The lowest BCUT2D eigenvalue weighted by molar-refractivity contribution is -0.199. The van der Waals surface area contributed by atoms with Crippen LogP contribution in [-0.2, 0) is 19.0 Å². The van der Waals surface area contributed by atoms with Crippen LogP contribution in [0.25, 0.3) is 0 Å². The summed E-state index contributed by atoms with van der Waals surface area (Å²) in [7, 11) is 1.40. The smallest absolute Gasteiger partial charge is 0.330 e. The molecule has 1 aliphatic carbocycles.